The lowest BCUT2D eigenvalue weighted by Crippen LogP contribution is -2.27. The summed E-state index contributed by atoms with van der Waals surface area (Å²) < 4.78 is 18.7. The van der Waals surface area contributed by atoms with E-state index in [1.165, 1.54) is 12.1 Å². The van der Waals surface area contributed by atoms with Crippen LogP contribution in [-0.4, -0.2) is 23.4 Å². The van der Waals surface area contributed by atoms with E-state index in [0.717, 1.165) is 6.07 Å². The van der Waals surface area contributed by atoms with Crippen LogP contribution in [0.25, 0.3) is 0 Å². The lowest BCUT2D eigenvalue weighted by molar-refractivity contribution is 0.0636. The zero-order valence-electron chi connectivity index (χ0n) is 11.2. The van der Waals surface area contributed by atoms with Crippen LogP contribution in [0, 0.1) is 5.82 Å². The van der Waals surface area contributed by atoms with Crippen molar-refractivity contribution in [3.05, 3.63) is 29.6 Å². The van der Waals surface area contributed by atoms with Gasteiger partial charge in [-0.25, -0.2) is 9.18 Å². The fourth-order valence-corrected chi connectivity index (χ4v) is 1.43. The van der Waals surface area contributed by atoms with Crippen molar-refractivity contribution >= 4 is 11.8 Å². The SMILES string of the molecule is CC(C)(C)OC(=O)Nc1ccc([C@H](N)CO)c(F)c1. The van der Waals surface area contributed by atoms with Gasteiger partial charge in [-0.2, -0.15) is 0 Å². The van der Waals surface area contributed by atoms with E-state index in [1.807, 2.05) is 0 Å². The molecule has 1 aromatic carbocycles. The van der Waals surface area contributed by atoms with Crippen LogP contribution >= 0.6 is 0 Å². The lowest BCUT2D eigenvalue weighted by atomic mass is 10.1. The number of halogens is 1. The molecule has 0 unspecified atom stereocenters. The highest BCUT2D eigenvalue weighted by Crippen LogP contribution is 2.20. The largest absolute Gasteiger partial charge is 0.444 e. The van der Waals surface area contributed by atoms with Crippen LogP contribution < -0.4 is 11.1 Å². The average Bonchev–Trinajstić information content (AvgIpc) is 2.25. The van der Waals surface area contributed by atoms with Gasteiger partial charge in [-0.05, 0) is 32.9 Å². The summed E-state index contributed by atoms with van der Waals surface area (Å²) in [5.74, 6) is -0.588. The van der Waals surface area contributed by atoms with Gasteiger partial charge in [-0.15, -0.1) is 0 Å². The number of hydrogen-bond donors (Lipinski definition) is 3. The van der Waals surface area contributed by atoms with E-state index in [4.69, 9.17) is 15.6 Å². The molecule has 0 saturated carbocycles. The molecule has 0 bridgehead atoms. The van der Waals surface area contributed by atoms with Gasteiger partial charge in [0.05, 0.1) is 12.6 Å². The highest BCUT2D eigenvalue weighted by Gasteiger charge is 2.17. The molecular formula is C13H19FN2O3. The third-order valence-electron chi connectivity index (χ3n) is 2.24. The van der Waals surface area contributed by atoms with Crippen LogP contribution in [0.4, 0.5) is 14.9 Å². The molecule has 0 aliphatic rings. The number of carbonyl (C=O) groups is 1. The number of carbonyl (C=O) groups excluding carboxylic acids is 1. The maximum atomic E-state index is 13.7. The monoisotopic (exact) mass is 270 g/mol. The number of hydrogen-bond acceptors (Lipinski definition) is 4. The lowest BCUT2D eigenvalue weighted by Gasteiger charge is -2.20. The summed E-state index contributed by atoms with van der Waals surface area (Å²) in [5.41, 5.74) is 5.36. The molecule has 1 aromatic rings. The number of aliphatic hydroxyl groups is 1. The van der Waals surface area contributed by atoms with Crippen LogP contribution in [0.1, 0.15) is 32.4 Å². The molecule has 5 nitrogen and oxygen atoms in total. The summed E-state index contributed by atoms with van der Waals surface area (Å²) in [6.45, 7) is 4.85. The van der Waals surface area contributed by atoms with Gasteiger partial charge >= 0.3 is 6.09 Å². The van der Waals surface area contributed by atoms with Crippen molar-refractivity contribution in [1.82, 2.24) is 0 Å². The Labute approximate surface area is 111 Å². The Morgan fingerprint density at radius 3 is 2.63 bits per heavy atom. The number of ether oxygens (including phenoxy) is 1. The van der Waals surface area contributed by atoms with E-state index in [9.17, 15) is 9.18 Å². The van der Waals surface area contributed by atoms with Crippen molar-refractivity contribution in [1.29, 1.82) is 0 Å². The Hall–Kier alpha value is -1.66. The van der Waals surface area contributed by atoms with Crippen molar-refractivity contribution in [2.45, 2.75) is 32.4 Å². The van der Waals surface area contributed by atoms with Crippen LogP contribution in [-0.2, 0) is 4.74 Å². The molecule has 0 fully saturated rings. The zero-order valence-corrected chi connectivity index (χ0v) is 11.2. The molecule has 19 heavy (non-hydrogen) atoms. The van der Waals surface area contributed by atoms with Gasteiger partial charge in [0.1, 0.15) is 11.4 Å². The first-order valence-corrected chi connectivity index (χ1v) is 5.89. The molecule has 0 radical (unpaired) electrons. The van der Waals surface area contributed by atoms with Crippen molar-refractivity contribution in [3.63, 3.8) is 0 Å². The Morgan fingerprint density at radius 1 is 1.53 bits per heavy atom. The van der Waals surface area contributed by atoms with E-state index < -0.39 is 23.6 Å². The van der Waals surface area contributed by atoms with Gasteiger partial charge in [-0.3, -0.25) is 5.32 Å². The number of anilines is 1. The Balaban J connectivity index is 2.76. The first-order chi connectivity index (χ1) is 8.73. The van der Waals surface area contributed by atoms with Crippen LogP contribution in [0.3, 0.4) is 0 Å². The first kappa shape index (κ1) is 15.4. The Kier molecular flexibility index (Phi) is 4.85. The third kappa shape index (κ3) is 4.84. The minimum atomic E-state index is -0.782. The molecule has 0 spiro atoms. The minimum Gasteiger partial charge on any atom is -0.444 e. The van der Waals surface area contributed by atoms with Gasteiger partial charge in [0.15, 0.2) is 0 Å². The first-order valence-electron chi connectivity index (χ1n) is 5.89. The molecule has 0 heterocycles. The topological polar surface area (TPSA) is 84.6 Å². The Bertz CT molecular complexity index is 458. The molecule has 1 rings (SSSR count). The van der Waals surface area contributed by atoms with Gasteiger partial charge in [0.2, 0.25) is 0 Å². The molecule has 4 N–H and O–H groups in total. The summed E-state index contributed by atoms with van der Waals surface area (Å²) in [6, 6.07) is 3.27. The Morgan fingerprint density at radius 2 is 2.16 bits per heavy atom. The number of amides is 1. The summed E-state index contributed by atoms with van der Waals surface area (Å²) >= 11 is 0. The summed E-state index contributed by atoms with van der Waals surface area (Å²) in [5, 5.41) is 11.3. The average molecular weight is 270 g/mol. The molecule has 6 heteroatoms. The zero-order chi connectivity index (χ0) is 14.6. The van der Waals surface area contributed by atoms with Crippen molar-refractivity contribution < 1.29 is 19.0 Å². The molecule has 0 saturated heterocycles. The maximum Gasteiger partial charge on any atom is 0.412 e. The second-order valence-corrected chi connectivity index (χ2v) is 5.15. The molecule has 106 valence electrons. The molecule has 1 amide bonds. The van der Waals surface area contributed by atoms with E-state index >= 15 is 0 Å². The minimum absolute atomic E-state index is 0.192. The van der Waals surface area contributed by atoms with Gasteiger partial charge < -0.3 is 15.6 Å². The summed E-state index contributed by atoms with van der Waals surface area (Å²) in [7, 11) is 0. The van der Waals surface area contributed by atoms with Crippen LogP contribution in [0.5, 0.6) is 0 Å². The van der Waals surface area contributed by atoms with E-state index in [-0.39, 0.29) is 17.9 Å². The van der Waals surface area contributed by atoms with Crippen LogP contribution in [0.2, 0.25) is 0 Å². The number of benzene rings is 1. The smallest absolute Gasteiger partial charge is 0.412 e. The van der Waals surface area contributed by atoms with E-state index in [0.29, 0.717) is 0 Å². The van der Waals surface area contributed by atoms with Crippen molar-refractivity contribution in [2.75, 3.05) is 11.9 Å². The fourth-order valence-electron chi connectivity index (χ4n) is 1.43. The maximum absolute atomic E-state index is 13.7. The predicted octanol–water partition coefficient (Wildman–Crippen LogP) is 2.16. The van der Waals surface area contributed by atoms with Gasteiger partial charge in [0, 0.05) is 11.3 Å². The summed E-state index contributed by atoms with van der Waals surface area (Å²) in [6.07, 6.45) is -0.661. The highest BCUT2D eigenvalue weighted by atomic mass is 19.1. The molecular weight excluding hydrogens is 251 g/mol. The quantitative estimate of drug-likeness (QED) is 0.785. The second kappa shape index (κ2) is 5.99. The highest BCUT2D eigenvalue weighted by molar-refractivity contribution is 5.84. The number of aliphatic hydroxyl groups excluding tert-OH is 1. The van der Waals surface area contributed by atoms with E-state index in [1.54, 1.807) is 20.8 Å². The molecule has 1 atom stereocenters. The van der Waals surface area contributed by atoms with Crippen molar-refractivity contribution in [2.24, 2.45) is 5.73 Å². The standard InChI is InChI=1S/C13H19FN2O3/c1-13(2,3)19-12(18)16-8-4-5-9(10(14)6-8)11(15)7-17/h4-6,11,17H,7,15H2,1-3H3,(H,16,18)/t11-/m1/s1. The molecule has 0 aromatic heterocycles. The molecule has 0 aliphatic carbocycles. The van der Waals surface area contributed by atoms with Gasteiger partial charge in [-0.1, -0.05) is 6.07 Å². The number of nitrogens with two attached hydrogens (primary N) is 1. The van der Waals surface area contributed by atoms with Crippen molar-refractivity contribution in [3.8, 4) is 0 Å². The normalized spacial score (nSPS) is 12.9. The fraction of sp³-hybridized carbons (Fsp3) is 0.462. The van der Waals surface area contributed by atoms with Gasteiger partial charge in [0.25, 0.3) is 0 Å². The number of rotatable bonds is 3. The summed E-state index contributed by atoms with van der Waals surface area (Å²) in [4.78, 5) is 11.5. The number of nitrogens with one attached hydrogen (secondary N) is 1. The van der Waals surface area contributed by atoms with Crippen LogP contribution in [0.15, 0.2) is 18.2 Å². The second-order valence-electron chi connectivity index (χ2n) is 5.15. The predicted molar refractivity (Wildman–Crippen MR) is 70.3 cm³/mol. The molecule has 0 aliphatic heterocycles. The van der Waals surface area contributed by atoms with E-state index in [2.05, 4.69) is 5.32 Å². The third-order valence-corrected chi connectivity index (χ3v) is 2.24.